The van der Waals surface area contributed by atoms with Crippen LogP contribution in [0.5, 0.6) is 17.2 Å². The molecule has 1 saturated heterocycles. The van der Waals surface area contributed by atoms with Crippen molar-refractivity contribution in [2.75, 3.05) is 32.8 Å². The van der Waals surface area contributed by atoms with Crippen LogP contribution >= 0.6 is 0 Å². The third kappa shape index (κ3) is 4.19. The summed E-state index contributed by atoms with van der Waals surface area (Å²) >= 11 is 0. The molecule has 2 aromatic rings. The van der Waals surface area contributed by atoms with E-state index in [2.05, 4.69) is 0 Å². The van der Waals surface area contributed by atoms with Gasteiger partial charge in [-0.15, -0.1) is 0 Å². The summed E-state index contributed by atoms with van der Waals surface area (Å²) in [6.45, 7) is 0.405. The summed E-state index contributed by atoms with van der Waals surface area (Å²) in [4.78, 5) is 26.4. The first-order chi connectivity index (χ1) is 13.5. The maximum Gasteiger partial charge on any atom is 0.311 e. The summed E-state index contributed by atoms with van der Waals surface area (Å²) in [5.74, 6) is 0.772. The van der Waals surface area contributed by atoms with Crippen LogP contribution in [0.1, 0.15) is 12.0 Å². The molecule has 0 aliphatic carbocycles. The molecule has 0 aromatic heterocycles. The van der Waals surface area contributed by atoms with Crippen LogP contribution in [0.15, 0.2) is 42.5 Å². The molecule has 0 saturated carbocycles. The van der Waals surface area contributed by atoms with Gasteiger partial charge in [0.1, 0.15) is 12.4 Å². The molecule has 7 nitrogen and oxygen atoms in total. The number of hydrogen-bond donors (Lipinski definition) is 0. The topological polar surface area (TPSA) is 74.3 Å². The minimum atomic E-state index is -0.508. The van der Waals surface area contributed by atoms with Crippen LogP contribution in [0.2, 0.25) is 0 Å². The summed E-state index contributed by atoms with van der Waals surface area (Å²) in [6, 6.07) is 12.5. The average molecular weight is 385 g/mol. The average Bonchev–Trinajstić information content (AvgIpc) is 3.13. The van der Waals surface area contributed by atoms with Crippen molar-refractivity contribution in [2.24, 2.45) is 5.92 Å². The van der Waals surface area contributed by atoms with Crippen LogP contribution in [-0.4, -0.2) is 39.8 Å². The summed E-state index contributed by atoms with van der Waals surface area (Å²) in [7, 11) is 4.66. The second-order valence-corrected chi connectivity index (χ2v) is 6.40. The highest BCUT2D eigenvalue weighted by atomic mass is 16.5. The van der Waals surface area contributed by atoms with Crippen molar-refractivity contribution in [3.05, 3.63) is 48.0 Å². The first kappa shape index (κ1) is 19.5. The number of rotatable bonds is 7. The molecule has 2 aromatic carbocycles. The van der Waals surface area contributed by atoms with E-state index in [0.29, 0.717) is 22.9 Å². The highest BCUT2D eigenvalue weighted by Crippen LogP contribution is 2.34. The van der Waals surface area contributed by atoms with Gasteiger partial charge in [-0.05, 0) is 29.8 Å². The Labute approximate surface area is 163 Å². The second kappa shape index (κ2) is 8.65. The number of ether oxygens (including phenoxy) is 4. The molecule has 1 atom stereocenters. The monoisotopic (exact) mass is 385 g/mol. The molecule has 148 valence electrons. The predicted octanol–water partition coefficient (Wildman–Crippen LogP) is 2.81. The number of anilines is 1. The Morgan fingerprint density at radius 3 is 2.54 bits per heavy atom. The molecule has 7 heteroatoms. The molecule has 1 unspecified atom stereocenters. The molecule has 1 fully saturated rings. The van der Waals surface area contributed by atoms with Gasteiger partial charge >= 0.3 is 5.97 Å². The van der Waals surface area contributed by atoms with Crippen LogP contribution in [0, 0.1) is 5.92 Å². The fourth-order valence-corrected chi connectivity index (χ4v) is 3.14. The zero-order valence-corrected chi connectivity index (χ0v) is 16.1. The zero-order chi connectivity index (χ0) is 20.1. The van der Waals surface area contributed by atoms with Gasteiger partial charge < -0.3 is 23.8 Å². The van der Waals surface area contributed by atoms with Gasteiger partial charge in [-0.1, -0.05) is 12.1 Å². The van der Waals surface area contributed by atoms with Gasteiger partial charge in [0.05, 0.1) is 27.2 Å². The molecule has 0 spiro atoms. The van der Waals surface area contributed by atoms with Crippen molar-refractivity contribution in [2.45, 2.75) is 13.0 Å². The van der Waals surface area contributed by atoms with Crippen LogP contribution in [0.4, 0.5) is 5.69 Å². The number of benzene rings is 2. The highest BCUT2D eigenvalue weighted by Gasteiger charge is 2.36. The SMILES string of the molecule is COc1cccc(COC(=O)C2CC(=O)N(c3ccc(OC)c(OC)c3)C2)c1. The molecule has 28 heavy (non-hydrogen) atoms. The first-order valence-electron chi connectivity index (χ1n) is 8.87. The van der Waals surface area contributed by atoms with Gasteiger partial charge in [-0.2, -0.15) is 0 Å². The van der Waals surface area contributed by atoms with Gasteiger partial charge in [-0.25, -0.2) is 0 Å². The Bertz CT molecular complexity index is 866. The Morgan fingerprint density at radius 1 is 1.04 bits per heavy atom. The smallest absolute Gasteiger partial charge is 0.311 e. The normalized spacial score (nSPS) is 16.0. The Morgan fingerprint density at radius 2 is 1.82 bits per heavy atom. The van der Waals surface area contributed by atoms with Gasteiger partial charge in [0.15, 0.2) is 11.5 Å². The van der Waals surface area contributed by atoms with E-state index in [9.17, 15) is 9.59 Å². The predicted molar refractivity (Wildman–Crippen MR) is 103 cm³/mol. The third-order valence-corrected chi connectivity index (χ3v) is 4.65. The fraction of sp³-hybridized carbons (Fsp3) is 0.333. The van der Waals surface area contributed by atoms with Crippen molar-refractivity contribution in [3.8, 4) is 17.2 Å². The van der Waals surface area contributed by atoms with E-state index in [1.165, 1.54) is 7.11 Å². The third-order valence-electron chi connectivity index (χ3n) is 4.65. The number of esters is 1. The molecule has 3 rings (SSSR count). The van der Waals surface area contributed by atoms with Gasteiger partial charge in [0, 0.05) is 24.7 Å². The van der Waals surface area contributed by atoms with Crippen LogP contribution < -0.4 is 19.1 Å². The van der Waals surface area contributed by atoms with E-state index in [4.69, 9.17) is 18.9 Å². The van der Waals surface area contributed by atoms with Crippen molar-refractivity contribution in [3.63, 3.8) is 0 Å². The standard InChI is InChI=1S/C21H23NO6/c1-25-17-6-4-5-14(9-17)13-28-21(24)15-10-20(23)22(12-15)16-7-8-18(26-2)19(11-16)27-3/h4-9,11,15H,10,12-13H2,1-3H3. The molecule has 0 bridgehead atoms. The van der Waals surface area contributed by atoms with Crippen molar-refractivity contribution < 1.29 is 28.5 Å². The molecular weight excluding hydrogens is 362 g/mol. The number of methoxy groups -OCH3 is 3. The first-order valence-corrected chi connectivity index (χ1v) is 8.87. The molecule has 1 heterocycles. The number of carbonyl (C=O) groups is 2. The summed E-state index contributed by atoms with van der Waals surface area (Å²) < 4.78 is 21.1. The maximum atomic E-state index is 12.4. The fourth-order valence-electron chi connectivity index (χ4n) is 3.14. The maximum absolute atomic E-state index is 12.4. The van der Waals surface area contributed by atoms with Gasteiger partial charge in [0.2, 0.25) is 5.91 Å². The van der Waals surface area contributed by atoms with Crippen LogP contribution in [-0.2, 0) is 20.9 Å². The minimum absolute atomic E-state index is 0.116. The van der Waals surface area contributed by atoms with Gasteiger partial charge in [0.25, 0.3) is 0 Å². The number of nitrogens with zero attached hydrogens (tertiary/aromatic N) is 1. The summed E-state index contributed by atoms with van der Waals surface area (Å²) in [6.07, 6.45) is 0.116. The zero-order valence-electron chi connectivity index (χ0n) is 16.1. The Kier molecular flexibility index (Phi) is 6.03. The lowest BCUT2D eigenvalue weighted by molar-refractivity contribution is -0.149. The van der Waals surface area contributed by atoms with Crippen LogP contribution in [0.25, 0.3) is 0 Å². The lowest BCUT2D eigenvalue weighted by Crippen LogP contribution is -2.26. The Balaban J connectivity index is 1.64. The molecule has 1 aliphatic rings. The van der Waals surface area contributed by atoms with E-state index < -0.39 is 5.92 Å². The highest BCUT2D eigenvalue weighted by molar-refractivity contribution is 5.99. The number of carbonyl (C=O) groups excluding carboxylic acids is 2. The molecular formula is C21H23NO6. The number of amides is 1. The number of hydrogen-bond acceptors (Lipinski definition) is 6. The van der Waals surface area contributed by atoms with E-state index >= 15 is 0 Å². The largest absolute Gasteiger partial charge is 0.497 e. The minimum Gasteiger partial charge on any atom is -0.497 e. The summed E-state index contributed by atoms with van der Waals surface area (Å²) in [5, 5.41) is 0. The molecule has 1 amide bonds. The summed E-state index contributed by atoms with van der Waals surface area (Å²) in [5.41, 5.74) is 1.49. The lowest BCUT2D eigenvalue weighted by Gasteiger charge is -2.18. The van der Waals surface area contributed by atoms with E-state index in [0.717, 1.165) is 5.56 Å². The Hall–Kier alpha value is -3.22. The lowest BCUT2D eigenvalue weighted by atomic mass is 10.1. The van der Waals surface area contributed by atoms with E-state index in [-0.39, 0.29) is 31.4 Å². The van der Waals surface area contributed by atoms with Crippen molar-refractivity contribution in [1.82, 2.24) is 0 Å². The van der Waals surface area contributed by atoms with Crippen LogP contribution in [0.3, 0.4) is 0 Å². The molecule has 0 radical (unpaired) electrons. The molecule has 1 aliphatic heterocycles. The van der Waals surface area contributed by atoms with E-state index in [1.54, 1.807) is 37.3 Å². The van der Waals surface area contributed by atoms with E-state index in [1.807, 2.05) is 24.3 Å². The quantitative estimate of drug-likeness (QED) is 0.683. The molecule has 0 N–H and O–H groups in total. The van der Waals surface area contributed by atoms with Crippen molar-refractivity contribution >= 4 is 17.6 Å². The second-order valence-electron chi connectivity index (χ2n) is 6.40. The van der Waals surface area contributed by atoms with Gasteiger partial charge in [-0.3, -0.25) is 9.59 Å². The van der Waals surface area contributed by atoms with Crippen molar-refractivity contribution in [1.29, 1.82) is 0 Å².